The molecule has 3 aromatic rings. The van der Waals surface area contributed by atoms with Gasteiger partial charge in [0.15, 0.2) is 5.03 Å². The van der Waals surface area contributed by atoms with Gasteiger partial charge in [0.1, 0.15) is 5.82 Å². The highest BCUT2D eigenvalue weighted by Crippen LogP contribution is 2.44. The number of carbonyl (C=O) groups excluding carboxylic acids is 1. The van der Waals surface area contributed by atoms with Crippen LogP contribution in [0.1, 0.15) is 40.2 Å². The molecule has 1 aliphatic carbocycles. The Hall–Kier alpha value is -3.30. The number of nitrogens with zero attached hydrogens (tertiary/aromatic N) is 2. The minimum atomic E-state index is -4.29. The topological polar surface area (TPSA) is 105 Å². The fourth-order valence-electron chi connectivity index (χ4n) is 3.75. The molecule has 4 rings (SSSR count). The molecule has 1 aliphatic rings. The molecule has 1 fully saturated rings. The molecule has 0 radical (unpaired) electrons. The third-order valence-corrected chi connectivity index (χ3v) is 6.72. The summed E-state index contributed by atoms with van der Waals surface area (Å²) in [6.07, 6.45) is 1.96. The molecule has 3 N–H and O–H groups in total. The molecule has 172 valence electrons. The number of nitrogens with one attached hydrogen (secondary N) is 1. The summed E-state index contributed by atoms with van der Waals surface area (Å²) in [7, 11) is -0.361. The highest BCUT2D eigenvalue weighted by molar-refractivity contribution is 7.92. The van der Waals surface area contributed by atoms with Crippen LogP contribution < -0.4 is 10.5 Å². The Kier molecular flexibility index (Phi) is 6.18. The van der Waals surface area contributed by atoms with Crippen LogP contribution in [0.15, 0.2) is 59.6 Å². The second kappa shape index (κ2) is 8.92. The van der Waals surface area contributed by atoms with Gasteiger partial charge in [-0.25, -0.2) is 9.37 Å². The normalized spacial score (nSPS) is 13.8. The Morgan fingerprint density at radius 3 is 2.52 bits per heavy atom. The van der Waals surface area contributed by atoms with Crippen molar-refractivity contribution in [3.63, 3.8) is 0 Å². The molecule has 1 saturated carbocycles. The lowest BCUT2D eigenvalue weighted by Crippen LogP contribution is -2.22. The summed E-state index contributed by atoms with van der Waals surface area (Å²) >= 11 is 0. The lowest BCUT2D eigenvalue weighted by atomic mass is 10.0. The van der Waals surface area contributed by atoms with Crippen molar-refractivity contribution in [2.45, 2.75) is 30.3 Å². The van der Waals surface area contributed by atoms with Gasteiger partial charge in [-0.3, -0.25) is 9.52 Å². The minimum absolute atomic E-state index is 0.0854. The van der Waals surface area contributed by atoms with Crippen LogP contribution in [0.3, 0.4) is 0 Å². The van der Waals surface area contributed by atoms with E-state index in [4.69, 9.17) is 5.73 Å². The fraction of sp³-hybridized carbons (Fsp3) is 0.250. The van der Waals surface area contributed by atoms with Crippen LogP contribution in [0.25, 0.3) is 11.3 Å². The van der Waals surface area contributed by atoms with Crippen molar-refractivity contribution in [3.8, 4) is 11.3 Å². The van der Waals surface area contributed by atoms with Crippen LogP contribution in [-0.4, -0.2) is 38.3 Å². The highest BCUT2D eigenvalue weighted by Gasteiger charge is 2.30. The van der Waals surface area contributed by atoms with E-state index >= 15 is 0 Å². The molecule has 0 spiro atoms. The number of hydrogen-bond donors (Lipinski definition) is 2. The molecule has 1 heterocycles. The van der Waals surface area contributed by atoms with Crippen LogP contribution in [0, 0.1) is 5.82 Å². The molecule has 0 unspecified atom stereocenters. The molecule has 0 atom stereocenters. The molecule has 0 aliphatic heterocycles. The van der Waals surface area contributed by atoms with Gasteiger partial charge in [0.2, 0.25) is 0 Å². The first-order valence-corrected chi connectivity index (χ1v) is 12.0. The Morgan fingerprint density at radius 1 is 1.15 bits per heavy atom. The lowest BCUT2D eigenvalue weighted by Gasteiger charge is -2.17. The van der Waals surface area contributed by atoms with E-state index in [0.29, 0.717) is 5.69 Å². The van der Waals surface area contributed by atoms with E-state index in [-0.39, 0.29) is 22.7 Å². The van der Waals surface area contributed by atoms with Crippen molar-refractivity contribution in [1.29, 1.82) is 0 Å². The Balaban J connectivity index is 1.76. The predicted molar refractivity (Wildman–Crippen MR) is 125 cm³/mol. The molecule has 1 amide bonds. The first-order chi connectivity index (χ1) is 15.7. The fourth-order valence-corrected chi connectivity index (χ4v) is 4.99. The second-order valence-electron chi connectivity index (χ2n) is 8.43. The standard InChI is InChI=1S/C24H25FN4O3S/c1-29(2)14-15-7-11-22(19(13-15)16-8-9-16)28-33(31,32)24-18(23(26)30)10-12-21(27-24)17-5-3-4-6-20(17)25/h3-7,10-13,16,28H,8-9,14H2,1-2H3,(H2,26,30). The Morgan fingerprint density at radius 2 is 1.88 bits per heavy atom. The highest BCUT2D eigenvalue weighted by atomic mass is 32.2. The molecule has 7 nitrogen and oxygen atoms in total. The van der Waals surface area contributed by atoms with Crippen molar-refractivity contribution < 1.29 is 17.6 Å². The molecule has 33 heavy (non-hydrogen) atoms. The van der Waals surface area contributed by atoms with Crippen LogP contribution in [0.4, 0.5) is 10.1 Å². The predicted octanol–water partition coefficient (Wildman–Crippen LogP) is 3.73. The number of anilines is 1. The summed E-state index contributed by atoms with van der Waals surface area (Å²) in [4.78, 5) is 18.2. The molecular weight excluding hydrogens is 443 g/mol. The van der Waals surface area contributed by atoms with Crippen LogP contribution in [-0.2, 0) is 16.6 Å². The number of amides is 1. The van der Waals surface area contributed by atoms with Gasteiger partial charge in [-0.05, 0) is 74.3 Å². The van der Waals surface area contributed by atoms with E-state index in [1.807, 2.05) is 31.1 Å². The Bertz CT molecular complexity index is 1320. The summed E-state index contributed by atoms with van der Waals surface area (Å²) < 4.78 is 43.6. The smallest absolute Gasteiger partial charge is 0.280 e. The number of nitrogens with two attached hydrogens (primary N) is 1. The van der Waals surface area contributed by atoms with Crippen molar-refractivity contribution in [2.75, 3.05) is 18.8 Å². The number of aromatic nitrogens is 1. The summed E-state index contributed by atoms with van der Waals surface area (Å²) in [5, 5.41) is -0.533. The maximum Gasteiger partial charge on any atom is 0.280 e. The van der Waals surface area contributed by atoms with Crippen molar-refractivity contribution >= 4 is 21.6 Å². The van der Waals surface area contributed by atoms with Crippen molar-refractivity contribution in [2.24, 2.45) is 5.73 Å². The average Bonchev–Trinajstić information content (AvgIpc) is 3.59. The number of rotatable bonds is 8. The van der Waals surface area contributed by atoms with E-state index in [1.54, 1.807) is 12.1 Å². The van der Waals surface area contributed by atoms with E-state index in [9.17, 15) is 17.6 Å². The zero-order valence-corrected chi connectivity index (χ0v) is 19.2. The summed E-state index contributed by atoms with van der Waals surface area (Å²) in [6, 6.07) is 14.1. The van der Waals surface area contributed by atoms with Gasteiger partial charge in [0, 0.05) is 12.1 Å². The number of sulfonamides is 1. The first-order valence-electron chi connectivity index (χ1n) is 10.5. The van der Waals surface area contributed by atoms with E-state index in [1.165, 1.54) is 30.3 Å². The molecule has 0 bridgehead atoms. The maximum atomic E-state index is 14.3. The van der Waals surface area contributed by atoms with Gasteiger partial charge in [0.25, 0.3) is 15.9 Å². The Labute approximate surface area is 192 Å². The summed E-state index contributed by atoms with van der Waals surface area (Å²) in [5.41, 5.74) is 7.79. The zero-order chi connectivity index (χ0) is 23.8. The largest absolute Gasteiger partial charge is 0.366 e. The summed E-state index contributed by atoms with van der Waals surface area (Å²) in [6.45, 7) is 0.727. The van der Waals surface area contributed by atoms with Gasteiger partial charge in [-0.1, -0.05) is 24.3 Å². The van der Waals surface area contributed by atoms with E-state index < -0.39 is 26.8 Å². The monoisotopic (exact) mass is 468 g/mol. The number of benzene rings is 2. The zero-order valence-electron chi connectivity index (χ0n) is 18.4. The third-order valence-electron chi connectivity index (χ3n) is 5.41. The van der Waals surface area contributed by atoms with Crippen LogP contribution in [0.5, 0.6) is 0 Å². The molecule has 1 aromatic heterocycles. The van der Waals surface area contributed by atoms with E-state index in [0.717, 1.165) is 30.5 Å². The lowest BCUT2D eigenvalue weighted by molar-refractivity contribution is 0.0996. The van der Waals surface area contributed by atoms with Gasteiger partial charge in [-0.15, -0.1) is 0 Å². The maximum absolute atomic E-state index is 14.3. The SMILES string of the molecule is CN(C)Cc1ccc(NS(=O)(=O)c2nc(-c3ccccc3F)ccc2C(N)=O)c(C2CC2)c1. The van der Waals surface area contributed by atoms with Crippen LogP contribution in [0.2, 0.25) is 0 Å². The van der Waals surface area contributed by atoms with Crippen molar-refractivity contribution in [1.82, 2.24) is 9.88 Å². The molecule has 9 heteroatoms. The number of hydrogen-bond acceptors (Lipinski definition) is 5. The first kappa shape index (κ1) is 22.9. The van der Waals surface area contributed by atoms with E-state index in [2.05, 4.69) is 9.71 Å². The third kappa shape index (κ3) is 5.04. The minimum Gasteiger partial charge on any atom is -0.366 e. The number of pyridine rings is 1. The van der Waals surface area contributed by atoms with Gasteiger partial charge in [0.05, 0.1) is 16.9 Å². The molecular formula is C24H25FN4O3S. The quantitative estimate of drug-likeness (QED) is 0.524. The summed E-state index contributed by atoms with van der Waals surface area (Å²) in [5.74, 6) is -1.22. The van der Waals surface area contributed by atoms with Gasteiger partial charge in [-0.2, -0.15) is 8.42 Å². The number of halogens is 1. The number of carbonyl (C=O) groups is 1. The molecule has 2 aromatic carbocycles. The average molecular weight is 469 g/mol. The van der Waals surface area contributed by atoms with Gasteiger partial charge >= 0.3 is 0 Å². The van der Waals surface area contributed by atoms with Gasteiger partial charge < -0.3 is 10.6 Å². The van der Waals surface area contributed by atoms with Crippen LogP contribution >= 0.6 is 0 Å². The number of primary amides is 1. The van der Waals surface area contributed by atoms with Crippen molar-refractivity contribution in [3.05, 3.63) is 77.1 Å². The second-order valence-corrected chi connectivity index (χ2v) is 10.0. The molecule has 0 saturated heterocycles.